The second-order valence-corrected chi connectivity index (χ2v) is 10.5. The molecule has 0 saturated carbocycles. The number of phenolic OH excluding ortho intramolecular Hbond substituents is 1. The highest BCUT2D eigenvalue weighted by atomic mass is 79.9. The third kappa shape index (κ3) is 4.75. The number of aromatic nitrogens is 1. The topological polar surface area (TPSA) is 84.1 Å². The molecule has 1 aliphatic heterocycles. The number of carbonyl (C=O) groups excluding carboxylic acids is 1. The molecule has 3 aromatic rings. The minimum atomic E-state index is -0.644. The summed E-state index contributed by atoms with van der Waals surface area (Å²) in [5.74, 6) is 0.113. The van der Waals surface area contributed by atoms with Crippen LogP contribution in [0.5, 0.6) is 11.5 Å². The summed E-state index contributed by atoms with van der Waals surface area (Å²) in [7, 11) is 1.46. The molecule has 2 heterocycles. The van der Waals surface area contributed by atoms with E-state index in [1.165, 1.54) is 18.4 Å². The van der Waals surface area contributed by atoms with Gasteiger partial charge in [0.2, 0.25) is 0 Å². The smallest absolute Gasteiger partial charge is 0.271 e. The highest BCUT2D eigenvalue weighted by Crippen LogP contribution is 2.35. The van der Waals surface area contributed by atoms with Gasteiger partial charge in [0.1, 0.15) is 0 Å². The number of halogens is 2. The number of rotatable bonds is 6. The molecule has 0 fully saturated rings. The van der Waals surface area contributed by atoms with Crippen LogP contribution in [0.15, 0.2) is 61.9 Å². The molecular formula is C26H25BrClN3O4S. The van der Waals surface area contributed by atoms with Gasteiger partial charge in [-0.3, -0.25) is 14.2 Å². The van der Waals surface area contributed by atoms with Crippen molar-refractivity contribution in [1.82, 2.24) is 9.47 Å². The van der Waals surface area contributed by atoms with Crippen molar-refractivity contribution in [2.45, 2.75) is 26.8 Å². The zero-order valence-corrected chi connectivity index (χ0v) is 23.4. The zero-order valence-electron chi connectivity index (χ0n) is 20.2. The van der Waals surface area contributed by atoms with Crippen molar-refractivity contribution in [3.8, 4) is 11.5 Å². The SMILES string of the molecule is CCN(CC)C(=O)C1=C(C)N=c2s/c(=C/c3cc(Br)c(O)c(OC)c3)c(=O)n2[C@H]1c1ccc(Cl)cc1. The van der Waals surface area contributed by atoms with Crippen LogP contribution in [0.2, 0.25) is 5.02 Å². The summed E-state index contributed by atoms with van der Waals surface area (Å²) in [6, 6.07) is 9.88. The summed E-state index contributed by atoms with van der Waals surface area (Å²) in [5, 5.41) is 10.7. The number of ether oxygens (including phenoxy) is 1. The second kappa shape index (κ2) is 10.6. The molecule has 4 rings (SSSR count). The lowest BCUT2D eigenvalue weighted by atomic mass is 9.94. The summed E-state index contributed by atoms with van der Waals surface area (Å²) in [6.07, 6.45) is 1.72. The monoisotopic (exact) mass is 589 g/mol. The van der Waals surface area contributed by atoms with Crippen molar-refractivity contribution in [1.29, 1.82) is 0 Å². The quantitative estimate of drug-likeness (QED) is 0.466. The number of likely N-dealkylation sites (N-methyl/N-ethyl adjacent to an activating group) is 1. The molecule has 1 aliphatic rings. The van der Waals surface area contributed by atoms with Gasteiger partial charge in [0.05, 0.1) is 33.4 Å². The molecule has 0 spiro atoms. The van der Waals surface area contributed by atoms with E-state index in [1.807, 2.05) is 26.0 Å². The highest BCUT2D eigenvalue weighted by molar-refractivity contribution is 9.10. The summed E-state index contributed by atoms with van der Waals surface area (Å²) < 4.78 is 7.71. The predicted molar refractivity (Wildman–Crippen MR) is 146 cm³/mol. The number of methoxy groups -OCH3 is 1. The van der Waals surface area contributed by atoms with Crippen molar-refractivity contribution in [3.05, 3.63) is 88.0 Å². The maximum Gasteiger partial charge on any atom is 0.271 e. The van der Waals surface area contributed by atoms with Gasteiger partial charge in [-0.15, -0.1) is 0 Å². The van der Waals surface area contributed by atoms with Crippen LogP contribution in [0.3, 0.4) is 0 Å². The Morgan fingerprint density at radius 3 is 2.56 bits per heavy atom. The van der Waals surface area contributed by atoms with E-state index < -0.39 is 6.04 Å². The molecule has 0 radical (unpaired) electrons. The van der Waals surface area contributed by atoms with E-state index in [1.54, 1.807) is 46.7 Å². The first kappa shape index (κ1) is 26.2. The number of hydrogen-bond donors (Lipinski definition) is 1. The lowest BCUT2D eigenvalue weighted by Crippen LogP contribution is -2.43. The summed E-state index contributed by atoms with van der Waals surface area (Å²) in [5.41, 5.74) is 2.22. The highest BCUT2D eigenvalue weighted by Gasteiger charge is 2.34. The molecule has 0 saturated heterocycles. The number of nitrogens with zero attached hydrogens (tertiary/aromatic N) is 3. The second-order valence-electron chi connectivity index (χ2n) is 8.16. The molecule has 10 heteroatoms. The van der Waals surface area contributed by atoms with Crippen molar-refractivity contribution in [3.63, 3.8) is 0 Å². The standard InChI is InChI=1S/C26H25BrClN3O4S/c1-5-30(6-2)25(34)21-14(3)29-26-31(22(21)16-7-9-17(28)10-8-16)24(33)20(36-26)13-15-11-18(27)23(32)19(12-15)35-4/h7-13,22,32H,5-6H2,1-4H3/b20-13+/t22-/m0/s1. The average Bonchev–Trinajstić information content (AvgIpc) is 3.15. The molecule has 1 aromatic heterocycles. The van der Waals surface area contributed by atoms with Crippen molar-refractivity contribution >= 4 is 50.9 Å². The molecule has 1 N–H and O–H groups in total. The number of hydrogen-bond acceptors (Lipinski definition) is 6. The maximum atomic E-state index is 13.8. The number of benzene rings is 2. The number of carbonyl (C=O) groups is 1. The molecule has 2 aromatic carbocycles. The van der Waals surface area contributed by atoms with E-state index in [2.05, 4.69) is 20.9 Å². The van der Waals surface area contributed by atoms with Gasteiger partial charge in [-0.1, -0.05) is 35.1 Å². The molecule has 0 unspecified atom stereocenters. The minimum Gasteiger partial charge on any atom is -0.503 e. The van der Waals surface area contributed by atoms with Crippen LogP contribution >= 0.6 is 38.9 Å². The number of amides is 1. The van der Waals surface area contributed by atoms with E-state index in [-0.39, 0.29) is 23.0 Å². The third-order valence-electron chi connectivity index (χ3n) is 6.06. The first-order chi connectivity index (χ1) is 17.2. The Bertz CT molecular complexity index is 1540. The number of allylic oxidation sites excluding steroid dienone is 1. The molecular weight excluding hydrogens is 566 g/mol. The number of phenols is 1. The lowest BCUT2D eigenvalue weighted by Gasteiger charge is -2.29. The summed E-state index contributed by atoms with van der Waals surface area (Å²) in [6.45, 7) is 6.74. The van der Waals surface area contributed by atoms with Gasteiger partial charge < -0.3 is 14.7 Å². The van der Waals surface area contributed by atoms with Gasteiger partial charge in [-0.2, -0.15) is 0 Å². The van der Waals surface area contributed by atoms with Crippen LogP contribution in [-0.4, -0.2) is 40.7 Å². The van der Waals surface area contributed by atoms with E-state index in [0.717, 1.165) is 5.56 Å². The van der Waals surface area contributed by atoms with E-state index in [0.29, 0.717) is 48.8 Å². The van der Waals surface area contributed by atoms with Gasteiger partial charge in [-0.05, 0) is 78.2 Å². The molecule has 1 amide bonds. The fourth-order valence-electron chi connectivity index (χ4n) is 4.22. The van der Waals surface area contributed by atoms with Crippen LogP contribution in [0, 0.1) is 0 Å². The Morgan fingerprint density at radius 1 is 1.28 bits per heavy atom. The Kier molecular flexibility index (Phi) is 7.73. The molecule has 188 valence electrons. The number of fused-ring (bicyclic) bond motifs is 1. The van der Waals surface area contributed by atoms with Gasteiger partial charge in [0.15, 0.2) is 16.3 Å². The van der Waals surface area contributed by atoms with Crippen molar-refractivity contribution in [2.75, 3.05) is 20.2 Å². The molecule has 0 aliphatic carbocycles. The molecule has 0 bridgehead atoms. The van der Waals surface area contributed by atoms with Crippen LogP contribution in [0.1, 0.15) is 37.9 Å². The summed E-state index contributed by atoms with van der Waals surface area (Å²) in [4.78, 5) is 34.3. The van der Waals surface area contributed by atoms with Crippen LogP contribution < -0.4 is 19.6 Å². The maximum absolute atomic E-state index is 13.8. The van der Waals surface area contributed by atoms with E-state index in [9.17, 15) is 14.7 Å². The van der Waals surface area contributed by atoms with Crippen molar-refractivity contribution < 1.29 is 14.6 Å². The van der Waals surface area contributed by atoms with Gasteiger partial charge in [0.25, 0.3) is 11.5 Å². The average molecular weight is 591 g/mol. The fourth-order valence-corrected chi connectivity index (χ4v) is 5.85. The van der Waals surface area contributed by atoms with Gasteiger partial charge >= 0.3 is 0 Å². The first-order valence-electron chi connectivity index (χ1n) is 11.3. The van der Waals surface area contributed by atoms with Crippen LogP contribution in [0.4, 0.5) is 0 Å². The Hall–Kier alpha value is -2.88. The van der Waals surface area contributed by atoms with E-state index >= 15 is 0 Å². The number of aromatic hydroxyl groups is 1. The minimum absolute atomic E-state index is 0.0194. The Balaban J connectivity index is 1.96. The Labute approximate surface area is 225 Å². The Morgan fingerprint density at radius 2 is 1.94 bits per heavy atom. The molecule has 36 heavy (non-hydrogen) atoms. The van der Waals surface area contributed by atoms with E-state index in [4.69, 9.17) is 16.3 Å². The lowest BCUT2D eigenvalue weighted by molar-refractivity contribution is -0.127. The number of thiazole rings is 1. The van der Waals surface area contributed by atoms with Crippen molar-refractivity contribution in [2.24, 2.45) is 4.99 Å². The fraction of sp³-hybridized carbons (Fsp3) is 0.269. The molecule has 1 atom stereocenters. The summed E-state index contributed by atoms with van der Waals surface area (Å²) >= 11 is 10.7. The zero-order chi connectivity index (χ0) is 26.1. The van der Waals surface area contributed by atoms with Gasteiger partial charge in [0, 0.05) is 18.1 Å². The third-order valence-corrected chi connectivity index (χ3v) is 7.90. The largest absolute Gasteiger partial charge is 0.503 e. The first-order valence-corrected chi connectivity index (χ1v) is 13.3. The van der Waals surface area contributed by atoms with Gasteiger partial charge in [-0.25, -0.2) is 4.99 Å². The normalized spacial score (nSPS) is 15.5. The van der Waals surface area contributed by atoms with Crippen LogP contribution in [0.25, 0.3) is 6.08 Å². The molecule has 7 nitrogen and oxygen atoms in total. The predicted octanol–water partition coefficient (Wildman–Crippen LogP) is 4.23. The van der Waals surface area contributed by atoms with Crippen LogP contribution in [-0.2, 0) is 4.79 Å².